The summed E-state index contributed by atoms with van der Waals surface area (Å²) in [6.07, 6.45) is 7.09. The zero-order valence-corrected chi connectivity index (χ0v) is 48.8. The van der Waals surface area contributed by atoms with Gasteiger partial charge in [0.2, 0.25) is 0 Å². The number of nitrogens with zero attached hydrogens (tertiary/aromatic N) is 6. The monoisotopic (exact) mass is 1420 g/mol. The Morgan fingerprint density at radius 2 is 0.573 bits per heavy atom. The fourth-order valence-electron chi connectivity index (χ4n) is 5.38. The zero-order valence-electron chi connectivity index (χ0n) is 38.7. The van der Waals surface area contributed by atoms with Crippen LogP contribution in [-0.2, 0) is 85.6 Å². The topological polar surface area (TPSA) is 373 Å². The van der Waals surface area contributed by atoms with Crippen molar-refractivity contribution in [2.75, 3.05) is 42.7 Å². The molecule has 0 aliphatic carbocycles. The number of carbonyl (C=O) groups is 6. The molecule has 0 radical (unpaired) electrons. The molecule has 0 bridgehead atoms. The van der Waals surface area contributed by atoms with Gasteiger partial charge < -0.3 is 59.4 Å². The molecular weight excluding hydrogens is 1380 g/mol. The third kappa shape index (κ3) is 19.4. The summed E-state index contributed by atoms with van der Waals surface area (Å²) < 4.78 is 27.8. The first-order valence-corrected chi connectivity index (χ1v) is 26.7. The van der Waals surface area contributed by atoms with Crippen LogP contribution in [0.15, 0.2) is 97.8 Å². The molecule has 0 aliphatic heterocycles. The van der Waals surface area contributed by atoms with E-state index in [1.54, 1.807) is 0 Å². The standard InChI is InChI=1S/2C18H11N3O6.2C3H9Cl2O3P.3Ru/c2*22-16(23)9-1-4-19-12(7-9)14-11(18(26)27)3-6-21-15(14)13-8-10(17(24)25)2-5-20-13;2*1-6-9(4,5,7-2)8-3;;;/h2*1-8H,(H,22,23)(H,24,25)(H,26,27);2*1-3H3;;;/q;;;;3*+2/p-6. The van der Waals surface area contributed by atoms with Crippen LogP contribution in [0, 0.1) is 0 Å². The van der Waals surface area contributed by atoms with E-state index < -0.39 is 47.8 Å². The normalized spacial score (nSPS) is 11.5. The summed E-state index contributed by atoms with van der Waals surface area (Å²) in [5.74, 6) is -16.3. The Bertz CT molecular complexity index is 2790. The van der Waals surface area contributed by atoms with Gasteiger partial charge in [0.25, 0.3) is 0 Å². The summed E-state index contributed by atoms with van der Waals surface area (Å²) in [5, 5.41) is 67.5. The van der Waals surface area contributed by atoms with Crippen LogP contribution in [0.2, 0.25) is 0 Å². The van der Waals surface area contributed by atoms with Crippen LogP contribution in [0.5, 0.6) is 0 Å². The first-order chi connectivity index (χ1) is 33.7. The molecule has 0 amide bonds. The van der Waals surface area contributed by atoms with Gasteiger partial charge in [-0.3, -0.25) is 29.9 Å². The number of carboxylic acids is 6. The van der Waals surface area contributed by atoms with E-state index in [1.807, 2.05) is 0 Å². The van der Waals surface area contributed by atoms with E-state index >= 15 is 0 Å². The van der Waals surface area contributed by atoms with E-state index in [0.29, 0.717) is 0 Å². The smallest absolute Gasteiger partial charge is 0.545 e. The van der Waals surface area contributed by atoms with Crippen molar-refractivity contribution < 1.29 is 145 Å². The van der Waals surface area contributed by atoms with E-state index in [0.717, 1.165) is 36.4 Å². The van der Waals surface area contributed by atoms with E-state index in [9.17, 15) is 59.4 Å². The molecule has 0 fully saturated rings. The number of aromatic nitrogens is 6. The van der Waals surface area contributed by atoms with Gasteiger partial charge in [-0.2, -0.15) is 0 Å². The molecule has 75 heavy (non-hydrogen) atoms. The first kappa shape index (κ1) is 70.4. The molecule has 0 saturated carbocycles. The average Bonchev–Trinajstić information content (AvgIpc) is 3.39. The number of hydrogen-bond acceptors (Lipinski definition) is 24. The van der Waals surface area contributed by atoms with Crippen molar-refractivity contribution in [2.45, 2.75) is 0 Å². The van der Waals surface area contributed by atoms with Crippen molar-refractivity contribution in [3.63, 3.8) is 0 Å². The molecule has 24 nitrogen and oxygen atoms in total. The van der Waals surface area contributed by atoms with Gasteiger partial charge in [0.15, 0.2) is 0 Å². The van der Waals surface area contributed by atoms with Crippen molar-refractivity contribution in [1.29, 1.82) is 0 Å². The van der Waals surface area contributed by atoms with Gasteiger partial charge in [0.05, 0.1) is 70.0 Å². The first-order valence-electron chi connectivity index (χ1n) is 19.1. The Morgan fingerprint density at radius 3 is 0.773 bits per heavy atom. The SMILES string of the molecule is COP(Cl)(Cl)(OC)OC.COP(Cl)(Cl)(OC)OC.O=C([O-])c1ccnc(-c2nccc(C(=O)[O-])c2-c2cc(C(=O)[O-])ccn2)c1.O=C([O-])c1ccnc(-c2nccc(C(=O)[O-])c2-c2cc(C(=O)[O-])ccn2)c1.[Ru+2].[Ru+2].[Ru+2]. The molecule has 6 rings (SSSR count). The molecule has 0 spiro atoms. The van der Waals surface area contributed by atoms with Crippen LogP contribution in [0.25, 0.3) is 45.3 Å². The minimum absolute atomic E-state index is 0. The summed E-state index contributed by atoms with van der Waals surface area (Å²) in [6.45, 7) is 0. The number of halogens is 4. The van der Waals surface area contributed by atoms with E-state index in [4.69, 9.17) is 45.0 Å². The van der Waals surface area contributed by atoms with Crippen LogP contribution in [0.3, 0.4) is 0 Å². The van der Waals surface area contributed by atoms with Gasteiger partial charge in [0, 0.05) is 81.7 Å². The second kappa shape index (κ2) is 30.3. The molecule has 6 aromatic rings. The van der Waals surface area contributed by atoms with Crippen LogP contribution in [0.4, 0.5) is 0 Å². The van der Waals surface area contributed by atoms with Gasteiger partial charge >= 0.3 is 185 Å². The maximum atomic E-state index is 11.6. The van der Waals surface area contributed by atoms with Crippen LogP contribution >= 0.6 is 56.9 Å². The number of carboxylic acid groups (broad SMARTS) is 6. The summed E-state index contributed by atoms with van der Waals surface area (Å²) >= 11 is 22.3. The van der Waals surface area contributed by atoms with E-state index in [1.165, 1.54) is 104 Å². The van der Waals surface area contributed by atoms with Gasteiger partial charge in [-0.1, -0.05) is 0 Å². The Morgan fingerprint density at radius 1 is 0.360 bits per heavy atom. The van der Waals surface area contributed by atoms with Crippen molar-refractivity contribution in [3.8, 4) is 45.3 Å². The quantitative estimate of drug-likeness (QED) is 0.0982. The number of aromatic carboxylic acids is 6. The maximum absolute atomic E-state index is 11.6. The van der Waals surface area contributed by atoms with Crippen molar-refractivity contribution in [2.24, 2.45) is 0 Å². The zero-order chi connectivity index (χ0) is 54.2. The van der Waals surface area contributed by atoms with Gasteiger partial charge in [-0.25, -0.2) is 0 Å². The third-order valence-corrected chi connectivity index (χ3v) is 17.5. The van der Waals surface area contributed by atoms with Gasteiger partial charge in [0.1, 0.15) is 0 Å². The van der Waals surface area contributed by atoms with Gasteiger partial charge in [-0.15, -0.1) is 0 Å². The third-order valence-electron chi connectivity index (χ3n) is 9.04. The maximum Gasteiger partial charge on any atom is 2.00 e. The molecule has 0 atom stereocenters. The summed E-state index contributed by atoms with van der Waals surface area (Å²) in [7, 11) is 7.95. The van der Waals surface area contributed by atoms with E-state index in [2.05, 4.69) is 57.0 Å². The van der Waals surface area contributed by atoms with Crippen LogP contribution < -0.4 is 30.6 Å². The predicted octanol–water partition coefficient (Wildman–Crippen LogP) is 1.65. The molecular formula is C42H34Cl4N6O18P2Ru3. The number of rotatable bonds is 16. The second-order valence-electron chi connectivity index (χ2n) is 13.1. The van der Waals surface area contributed by atoms with Crippen molar-refractivity contribution >= 4 is 92.8 Å². The van der Waals surface area contributed by atoms with Crippen molar-refractivity contribution in [1.82, 2.24) is 29.9 Å². The van der Waals surface area contributed by atoms with Crippen LogP contribution in [0.1, 0.15) is 62.1 Å². The number of carbonyl (C=O) groups excluding carboxylic acids is 6. The van der Waals surface area contributed by atoms with Crippen molar-refractivity contribution in [3.05, 3.63) is 131 Å². The molecule has 6 aromatic heterocycles. The molecule has 6 heterocycles. The molecule has 0 N–H and O–H groups in total. The fourth-order valence-corrected chi connectivity index (χ4v) is 6.27. The second-order valence-corrected chi connectivity index (χ2v) is 26.1. The predicted molar refractivity (Wildman–Crippen MR) is 247 cm³/mol. The van der Waals surface area contributed by atoms with E-state index in [-0.39, 0.29) is 137 Å². The summed E-state index contributed by atoms with van der Waals surface area (Å²) in [4.78, 5) is 91.7. The Labute approximate surface area is 483 Å². The number of hydrogen-bond donors (Lipinski definition) is 0. The molecule has 0 unspecified atom stereocenters. The molecule has 0 aromatic carbocycles. The van der Waals surface area contributed by atoms with Gasteiger partial charge in [-0.05, 0) is 60.7 Å². The summed E-state index contributed by atoms with van der Waals surface area (Å²) in [5.41, 5.74) is -1.60. The number of pyridine rings is 6. The average molecular weight is 1420 g/mol. The molecule has 0 saturated heterocycles. The minimum Gasteiger partial charge on any atom is -0.545 e. The minimum atomic E-state index is -3.68. The Balaban J connectivity index is 0.00000107. The summed E-state index contributed by atoms with van der Waals surface area (Å²) in [6, 6.07) is 11.6. The molecule has 33 heteroatoms. The fraction of sp³-hybridized carbons (Fsp3) is 0.143. The molecule has 0 aliphatic rings. The molecule has 402 valence electrons. The Kier molecular flexibility index (Phi) is 28.5. The Hall–Kier alpha value is -4.63. The largest absolute Gasteiger partial charge is 2.00 e. The van der Waals surface area contributed by atoms with Crippen LogP contribution in [-0.4, -0.2) is 108 Å².